The van der Waals surface area contributed by atoms with Gasteiger partial charge in [-0.25, -0.2) is 0 Å². The number of hydrogen-bond acceptors (Lipinski definition) is 2. The highest BCUT2D eigenvalue weighted by Gasteiger charge is 1.97. The van der Waals surface area contributed by atoms with E-state index >= 15 is 0 Å². The lowest BCUT2D eigenvalue weighted by molar-refractivity contribution is 0.635. The highest BCUT2D eigenvalue weighted by atomic mass is 14.9. The van der Waals surface area contributed by atoms with Crippen LogP contribution in [0.25, 0.3) is 6.08 Å². The van der Waals surface area contributed by atoms with Crippen LogP contribution >= 0.6 is 0 Å². The molecular formula is C17H20N2. The average molecular weight is 252 g/mol. The van der Waals surface area contributed by atoms with Gasteiger partial charge in [-0.1, -0.05) is 54.6 Å². The Morgan fingerprint density at radius 1 is 1.05 bits per heavy atom. The van der Waals surface area contributed by atoms with Gasteiger partial charge >= 0.3 is 0 Å². The third-order valence-corrected chi connectivity index (χ3v) is 2.98. The zero-order chi connectivity index (χ0) is 13.5. The largest absolute Gasteiger partial charge is 0.399 e. The minimum Gasteiger partial charge on any atom is -0.399 e. The molecule has 2 heteroatoms. The molecule has 0 heterocycles. The second kappa shape index (κ2) is 6.76. The molecule has 0 aliphatic rings. The Labute approximate surface area is 115 Å². The molecule has 0 radical (unpaired) electrons. The maximum atomic E-state index is 5.66. The van der Waals surface area contributed by atoms with Crippen molar-refractivity contribution < 1.29 is 0 Å². The first-order valence-electron chi connectivity index (χ1n) is 6.55. The van der Waals surface area contributed by atoms with Crippen molar-refractivity contribution in [2.24, 2.45) is 0 Å². The third kappa shape index (κ3) is 4.60. The summed E-state index contributed by atoms with van der Waals surface area (Å²) in [6.07, 6.45) is 4.31. The molecule has 2 nitrogen and oxygen atoms in total. The molecule has 3 N–H and O–H groups in total. The van der Waals surface area contributed by atoms with Crippen molar-refractivity contribution in [1.29, 1.82) is 0 Å². The molecule has 0 saturated carbocycles. The summed E-state index contributed by atoms with van der Waals surface area (Å²) < 4.78 is 0. The summed E-state index contributed by atoms with van der Waals surface area (Å²) in [4.78, 5) is 0. The topological polar surface area (TPSA) is 38.0 Å². The van der Waals surface area contributed by atoms with Crippen LogP contribution in [0.2, 0.25) is 0 Å². The lowest BCUT2D eigenvalue weighted by Gasteiger charge is -2.09. The number of hydrogen-bond donors (Lipinski definition) is 2. The number of rotatable bonds is 5. The van der Waals surface area contributed by atoms with E-state index < -0.39 is 0 Å². The lowest BCUT2D eigenvalue weighted by Crippen LogP contribution is -2.23. The maximum Gasteiger partial charge on any atom is 0.0314 e. The molecule has 0 bridgehead atoms. The lowest BCUT2D eigenvalue weighted by atomic mass is 10.1. The molecule has 98 valence electrons. The van der Waals surface area contributed by atoms with Crippen molar-refractivity contribution >= 4 is 11.8 Å². The van der Waals surface area contributed by atoms with Crippen LogP contribution in [0.3, 0.4) is 0 Å². The smallest absolute Gasteiger partial charge is 0.0314 e. The Bertz CT molecular complexity index is 515. The van der Waals surface area contributed by atoms with E-state index in [0.717, 1.165) is 12.2 Å². The number of nitrogen functional groups attached to an aromatic ring is 1. The van der Waals surface area contributed by atoms with Crippen molar-refractivity contribution in [1.82, 2.24) is 5.32 Å². The molecule has 0 saturated heterocycles. The molecule has 1 unspecified atom stereocenters. The van der Waals surface area contributed by atoms with E-state index in [9.17, 15) is 0 Å². The van der Waals surface area contributed by atoms with Gasteiger partial charge < -0.3 is 11.1 Å². The third-order valence-electron chi connectivity index (χ3n) is 2.98. The first-order valence-corrected chi connectivity index (χ1v) is 6.55. The average Bonchev–Trinajstić information content (AvgIpc) is 2.45. The second-order valence-electron chi connectivity index (χ2n) is 4.68. The van der Waals surface area contributed by atoms with Crippen LogP contribution in [-0.2, 0) is 6.54 Å². The van der Waals surface area contributed by atoms with Crippen molar-refractivity contribution in [2.45, 2.75) is 19.5 Å². The standard InChI is InChI=1S/C17H20N2/c1-14(7-8-15-5-3-2-4-6-15)19-13-16-9-11-17(18)12-10-16/h2-12,14,19H,13,18H2,1H3. The SMILES string of the molecule is CC(C=Cc1ccccc1)NCc1ccc(N)cc1. The quantitative estimate of drug-likeness (QED) is 0.800. The van der Waals surface area contributed by atoms with Crippen LogP contribution in [0.15, 0.2) is 60.7 Å². The molecule has 2 aromatic rings. The van der Waals surface area contributed by atoms with Gasteiger partial charge in [0.25, 0.3) is 0 Å². The predicted molar refractivity (Wildman–Crippen MR) is 82.6 cm³/mol. The molecule has 1 atom stereocenters. The molecule has 2 rings (SSSR count). The van der Waals surface area contributed by atoms with Gasteiger partial charge in [0.15, 0.2) is 0 Å². The number of anilines is 1. The number of nitrogens with one attached hydrogen (secondary N) is 1. The molecule has 19 heavy (non-hydrogen) atoms. The maximum absolute atomic E-state index is 5.66. The van der Waals surface area contributed by atoms with Crippen LogP contribution in [0.4, 0.5) is 5.69 Å². The Balaban J connectivity index is 1.83. The summed E-state index contributed by atoms with van der Waals surface area (Å²) in [5.74, 6) is 0. The van der Waals surface area contributed by atoms with E-state index in [0.29, 0.717) is 6.04 Å². The molecule has 2 aromatic carbocycles. The van der Waals surface area contributed by atoms with Gasteiger partial charge in [-0.2, -0.15) is 0 Å². The van der Waals surface area contributed by atoms with E-state index in [2.05, 4.69) is 48.7 Å². The Morgan fingerprint density at radius 3 is 2.42 bits per heavy atom. The molecule has 0 aliphatic heterocycles. The fourth-order valence-corrected chi connectivity index (χ4v) is 1.80. The Hall–Kier alpha value is -2.06. The normalized spacial score (nSPS) is 12.7. The zero-order valence-electron chi connectivity index (χ0n) is 11.2. The highest BCUT2D eigenvalue weighted by molar-refractivity contribution is 5.49. The van der Waals surface area contributed by atoms with Crippen molar-refractivity contribution in [3.63, 3.8) is 0 Å². The van der Waals surface area contributed by atoms with Gasteiger partial charge in [0.05, 0.1) is 0 Å². The van der Waals surface area contributed by atoms with E-state index in [-0.39, 0.29) is 0 Å². The molecule has 0 aromatic heterocycles. The second-order valence-corrected chi connectivity index (χ2v) is 4.68. The Kier molecular flexibility index (Phi) is 4.76. The van der Waals surface area contributed by atoms with Crippen molar-refractivity contribution in [3.8, 4) is 0 Å². The Morgan fingerprint density at radius 2 is 1.74 bits per heavy atom. The number of benzene rings is 2. The summed E-state index contributed by atoms with van der Waals surface area (Å²) in [6, 6.07) is 18.6. The van der Waals surface area contributed by atoms with Gasteiger partial charge in [0, 0.05) is 18.3 Å². The van der Waals surface area contributed by atoms with Gasteiger partial charge in [-0.3, -0.25) is 0 Å². The highest BCUT2D eigenvalue weighted by Crippen LogP contribution is 2.06. The van der Waals surface area contributed by atoms with Crippen LogP contribution < -0.4 is 11.1 Å². The van der Waals surface area contributed by atoms with E-state index in [1.165, 1.54) is 11.1 Å². The van der Waals surface area contributed by atoms with Gasteiger partial charge in [0.1, 0.15) is 0 Å². The monoisotopic (exact) mass is 252 g/mol. The van der Waals surface area contributed by atoms with Crippen LogP contribution in [-0.4, -0.2) is 6.04 Å². The summed E-state index contributed by atoms with van der Waals surface area (Å²) in [7, 11) is 0. The fourth-order valence-electron chi connectivity index (χ4n) is 1.80. The summed E-state index contributed by atoms with van der Waals surface area (Å²) in [6.45, 7) is 3.00. The minimum absolute atomic E-state index is 0.331. The molecule has 0 spiro atoms. The van der Waals surface area contributed by atoms with E-state index in [1.54, 1.807) is 0 Å². The first kappa shape index (κ1) is 13.4. The summed E-state index contributed by atoms with van der Waals surface area (Å²) in [5, 5.41) is 3.46. The summed E-state index contributed by atoms with van der Waals surface area (Å²) in [5.41, 5.74) is 8.94. The fraction of sp³-hybridized carbons (Fsp3) is 0.176. The van der Waals surface area contributed by atoms with Gasteiger partial charge in [0.2, 0.25) is 0 Å². The molecule has 0 fully saturated rings. The van der Waals surface area contributed by atoms with Crippen LogP contribution in [0, 0.1) is 0 Å². The zero-order valence-corrected chi connectivity index (χ0v) is 11.2. The van der Waals surface area contributed by atoms with Gasteiger partial charge in [-0.15, -0.1) is 0 Å². The van der Waals surface area contributed by atoms with Crippen LogP contribution in [0.1, 0.15) is 18.1 Å². The van der Waals surface area contributed by atoms with Gasteiger partial charge in [-0.05, 0) is 30.2 Å². The van der Waals surface area contributed by atoms with Crippen molar-refractivity contribution in [3.05, 3.63) is 71.8 Å². The summed E-state index contributed by atoms with van der Waals surface area (Å²) >= 11 is 0. The van der Waals surface area contributed by atoms with Crippen molar-refractivity contribution in [2.75, 3.05) is 5.73 Å². The van der Waals surface area contributed by atoms with E-state index in [4.69, 9.17) is 5.73 Å². The predicted octanol–water partition coefficient (Wildman–Crippen LogP) is 3.46. The first-order chi connectivity index (χ1) is 9.24. The van der Waals surface area contributed by atoms with Crippen LogP contribution in [0.5, 0.6) is 0 Å². The van der Waals surface area contributed by atoms with E-state index in [1.807, 2.05) is 30.3 Å². The molecule has 0 aliphatic carbocycles. The molecular weight excluding hydrogens is 232 g/mol. The minimum atomic E-state index is 0.331. The number of nitrogens with two attached hydrogens (primary N) is 1. The molecule has 0 amide bonds.